The van der Waals surface area contributed by atoms with Crippen LogP contribution < -0.4 is 5.48 Å². The van der Waals surface area contributed by atoms with E-state index in [1.807, 2.05) is 13.8 Å². The predicted octanol–water partition coefficient (Wildman–Crippen LogP) is 3.37. The number of likely N-dealkylation sites (tertiary alicyclic amines) is 1. The number of amides is 2. The highest BCUT2D eigenvalue weighted by atomic mass is 35.5. The molecule has 1 fully saturated rings. The van der Waals surface area contributed by atoms with Gasteiger partial charge in [-0.1, -0.05) is 25.4 Å². The Labute approximate surface area is 202 Å². The zero-order valence-electron chi connectivity index (χ0n) is 20.1. The van der Waals surface area contributed by atoms with Crippen LogP contribution in [0.4, 0.5) is 0 Å². The predicted molar refractivity (Wildman–Crippen MR) is 128 cm³/mol. The minimum Gasteiger partial charge on any atom is -0.342 e. The highest BCUT2D eigenvalue weighted by Crippen LogP contribution is 2.30. The summed E-state index contributed by atoms with van der Waals surface area (Å²) in [7, 11) is -2.59. The third kappa shape index (κ3) is 6.68. The number of piperidine rings is 1. The summed E-state index contributed by atoms with van der Waals surface area (Å²) in [5.74, 6) is -2.62. The maximum atomic E-state index is 13.4. The number of halogens is 1. The molecule has 1 heterocycles. The second-order valence-corrected chi connectivity index (χ2v) is 11.8. The molecular weight excluding hydrogens is 466 g/mol. The Hall–Kier alpha value is -1.68. The summed E-state index contributed by atoms with van der Waals surface area (Å²) in [6, 6.07) is 3.10. The molecule has 186 valence electrons. The van der Waals surface area contributed by atoms with Crippen LogP contribution in [0.5, 0.6) is 0 Å². The highest BCUT2D eigenvalue weighted by Gasteiger charge is 2.39. The third-order valence-corrected chi connectivity index (χ3v) is 8.61. The summed E-state index contributed by atoms with van der Waals surface area (Å²) < 4.78 is 27.8. The molecule has 0 saturated carbocycles. The first-order valence-corrected chi connectivity index (χ1v) is 13.2. The van der Waals surface area contributed by atoms with E-state index in [1.165, 1.54) is 13.1 Å². The molecule has 0 unspecified atom stereocenters. The number of hydrogen-bond donors (Lipinski definition) is 2. The van der Waals surface area contributed by atoms with Crippen LogP contribution in [0.3, 0.4) is 0 Å². The molecule has 2 atom stereocenters. The van der Waals surface area contributed by atoms with Crippen molar-refractivity contribution in [2.45, 2.75) is 58.3 Å². The third-order valence-electron chi connectivity index (χ3n) is 6.24. The highest BCUT2D eigenvalue weighted by molar-refractivity contribution is 7.89. The molecule has 1 saturated heterocycles. The van der Waals surface area contributed by atoms with Gasteiger partial charge in [0.1, 0.15) is 0 Å². The van der Waals surface area contributed by atoms with Crippen molar-refractivity contribution < 1.29 is 23.2 Å². The maximum absolute atomic E-state index is 13.4. The van der Waals surface area contributed by atoms with Crippen molar-refractivity contribution in [3.8, 4) is 0 Å². The zero-order valence-corrected chi connectivity index (χ0v) is 21.7. The Morgan fingerprint density at radius 3 is 2.27 bits per heavy atom. The normalized spacial score (nSPS) is 16.7. The van der Waals surface area contributed by atoms with Gasteiger partial charge in [0.05, 0.1) is 16.7 Å². The quantitative estimate of drug-likeness (QED) is 0.398. The SMILES string of the molecule is Cc1cc(S(=O)(=O)N(C)C[C@H](C(=O)NO)[C@@H](CC(C)C)C(=O)N2CCCCC2)c(C)cc1Cl. The van der Waals surface area contributed by atoms with Crippen LogP contribution >= 0.6 is 11.6 Å². The van der Waals surface area contributed by atoms with E-state index in [1.54, 1.807) is 30.3 Å². The van der Waals surface area contributed by atoms with Gasteiger partial charge in [-0.15, -0.1) is 0 Å². The Balaban J connectivity index is 2.40. The summed E-state index contributed by atoms with van der Waals surface area (Å²) in [6.07, 6.45) is 3.27. The Bertz CT molecular complexity index is 961. The van der Waals surface area contributed by atoms with Crippen molar-refractivity contribution in [2.75, 3.05) is 26.7 Å². The van der Waals surface area contributed by atoms with Crippen LogP contribution in [-0.4, -0.2) is 61.3 Å². The van der Waals surface area contributed by atoms with E-state index in [-0.39, 0.29) is 23.3 Å². The standard InChI is InChI=1S/C23H36ClN3O5S/c1-15(2)11-18(23(29)27-9-7-6-8-10-27)19(22(28)25-30)14-26(5)33(31,32)21-13-16(3)20(24)12-17(21)4/h12-13,15,18-19,30H,6-11,14H2,1-5H3,(H,25,28)/t18-,19+/m1/s1. The monoisotopic (exact) mass is 501 g/mol. The number of carbonyl (C=O) groups is 2. The molecule has 2 N–H and O–H groups in total. The summed E-state index contributed by atoms with van der Waals surface area (Å²) in [4.78, 5) is 28.0. The van der Waals surface area contributed by atoms with Crippen molar-refractivity contribution in [1.82, 2.24) is 14.7 Å². The molecule has 0 aliphatic carbocycles. The van der Waals surface area contributed by atoms with Gasteiger partial charge in [0, 0.05) is 31.7 Å². The average molecular weight is 502 g/mol. The minimum atomic E-state index is -3.97. The molecule has 2 amide bonds. The number of hydrogen-bond acceptors (Lipinski definition) is 5. The topological polar surface area (TPSA) is 107 Å². The van der Waals surface area contributed by atoms with Crippen LogP contribution in [0.2, 0.25) is 5.02 Å². The number of nitrogens with one attached hydrogen (secondary N) is 1. The van der Waals surface area contributed by atoms with E-state index < -0.39 is 27.8 Å². The first-order valence-electron chi connectivity index (χ1n) is 11.4. The van der Waals surface area contributed by atoms with Gasteiger partial charge >= 0.3 is 0 Å². The van der Waals surface area contributed by atoms with E-state index in [4.69, 9.17) is 11.6 Å². The lowest BCUT2D eigenvalue weighted by molar-refractivity contribution is -0.146. The minimum absolute atomic E-state index is 0.0952. The van der Waals surface area contributed by atoms with Gasteiger partial charge in [-0.05, 0) is 68.7 Å². The molecule has 10 heteroatoms. The van der Waals surface area contributed by atoms with Crippen molar-refractivity contribution in [3.05, 3.63) is 28.3 Å². The van der Waals surface area contributed by atoms with Crippen LogP contribution in [0.15, 0.2) is 17.0 Å². The van der Waals surface area contributed by atoms with E-state index >= 15 is 0 Å². The van der Waals surface area contributed by atoms with Crippen LogP contribution in [0.1, 0.15) is 50.7 Å². The van der Waals surface area contributed by atoms with Gasteiger partial charge in [0.25, 0.3) is 0 Å². The van der Waals surface area contributed by atoms with Gasteiger partial charge < -0.3 is 4.90 Å². The van der Waals surface area contributed by atoms with Gasteiger partial charge in [-0.3, -0.25) is 14.8 Å². The Kier molecular flexibility index (Phi) is 9.72. The second kappa shape index (κ2) is 11.6. The summed E-state index contributed by atoms with van der Waals surface area (Å²) in [6.45, 7) is 8.28. The molecule has 1 aliphatic heterocycles. The molecule has 1 aliphatic rings. The molecule has 1 aromatic carbocycles. The molecule has 0 spiro atoms. The number of sulfonamides is 1. The molecular formula is C23H36ClN3O5S. The van der Waals surface area contributed by atoms with E-state index in [0.717, 1.165) is 23.6 Å². The number of carbonyl (C=O) groups excluding carboxylic acids is 2. The first kappa shape index (κ1) is 27.6. The Morgan fingerprint density at radius 2 is 1.73 bits per heavy atom. The molecule has 0 bridgehead atoms. The first-order chi connectivity index (χ1) is 15.4. The van der Waals surface area contributed by atoms with Crippen molar-refractivity contribution in [2.24, 2.45) is 17.8 Å². The lowest BCUT2D eigenvalue weighted by Crippen LogP contribution is -2.49. The molecule has 0 radical (unpaired) electrons. The maximum Gasteiger partial charge on any atom is 0.248 e. The fourth-order valence-electron chi connectivity index (χ4n) is 4.35. The van der Waals surface area contributed by atoms with E-state index in [2.05, 4.69) is 0 Å². The second-order valence-electron chi connectivity index (χ2n) is 9.36. The molecule has 2 rings (SSSR count). The summed E-state index contributed by atoms with van der Waals surface area (Å²) in [5.41, 5.74) is 2.76. The van der Waals surface area contributed by atoms with Crippen molar-refractivity contribution >= 4 is 33.4 Å². The number of aryl methyl sites for hydroxylation is 2. The van der Waals surface area contributed by atoms with Gasteiger partial charge in [0.15, 0.2) is 0 Å². The van der Waals surface area contributed by atoms with Crippen LogP contribution in [0.25, 0.3) is 0 Å². The molecule has 33 heavy (non-hydrogen) atoms. The van der Waals surface area contributed by atoms with Gasteiger partial charge in [0.2, 0.25) is 21.8 Å². The van der Waals surface area contributed by atoms with Crippen LogP contribution in [0, 0.1) is 31.6 Å². The number of benzene rings is 1. The molecule has 1 aromatic rings. The van der Waals surface area contributed by atoms with Gasteiger partial charge in [-0.25, -0.2) is 18.2 Å². The van der Waals surface area contributed by atoms with E-state index in [0.29, 0.717) is 35.7 Å². The van der Waals surface area contributed by atoms with Crippen molar-refractivity contribution in [3.63, 3.8) is 0 Å². The lowest BCUT2D eigenvalue weighted by Gasteiger charge is -2.35. The molecule has 0 aromatic heterocycles. The average Bonchev–Trinajstić information content (AvgIpc) is 2.77. The number of hydroxylamine groups is 1. The van der Waals surface area contributed by atoms with Crippen molar-refractivity contribution in [1.29, 1.82) is 0 Å². The smallest absolute Gasteiger partial charge is 0.248 e. The fraction of sp³-hybridized carbons (Fsp3) is 0.652. The van der Waals surface area contributed by atoms with E-state index in [9.17, 15) is 23.2 Å². The fourth-order valence-corrected chi connectivity index (χ4v) is 6.05. The Morgan fingerprint density at radius 1 is 1.12 bits per heavy atom. The lowest BCUT2D eigenvalue weighted by atomic mass is 9.83. The summed E-state index contributed by atoms with van der Waals surface area (Å²) >= 11 is 6.13. The van der Waals surface area contributed by atoms with Crippen LogP contribution in [-0.2, 0) is 19.6 Å². The largest absolute Gasteiger partial charge is 0.342 e. The molecule has 8 nitrogen and oxygen atoms in total. The number of nitrogens with zero attached hydrogens (tertiary/aromatic N) is 2. The number of rotatable bonds is 9. The summed E-state index contributed by atoms with van der Waals surface area (Å²) in [5, 5.41) is 9.89. The zero-order chi connectivity index (χ0) is 24.9. The van der Waals surface area contributed by atoms with Gasteiger partial charge in [-0.2, -0.15) is 0 Å².